The van der Waals surface area contributed by atoms with Gasteiger partial charge in [0, 0.05) is 6.42 Å². The molecule has 28 heavy (non-hydrogen) atoms. The van der Waals surface area contributed by atoms with Gasteiger partial charge < -0.3 is 20.1 Å². The smallest absolute Gasteiger partial charge is 0.338 e. The minimum atomic E-state index is -0.553. The SMILES string of the molecule is CCOC(=O)C1=C(COC(=O)CCc2nc3ccccc3s2)NC(=O)NC1C. The summed E-state index contributed by atoms with van der Waals surface area (Å²) in [5.74, 6) is -0.988. The number of nitrogens with zero attached hydrogens (tertiary/aromatic N) is 1. The number of hydrogen-bond donors (Lipinski definition) is 2. The zero-order valence-electron chi connectivity index (χ0n) is 15.6. The number of benzene rings is 1. The van der Waals surface area contributed by atoms with Crippen molar-refractivity contribution >= 4 is 39.5 Å². The molecule has 148 valence electrons. The van der Waals surface area contributed by atoms with Gasteiger partial charge in [0.2, 0.25) is 0 Å². The normalized spacial score (nSPS) is 16.5. The molecule has 0 saturated heterocycles. The maximum atomic E-state index is 12.1. The highest BCUT2D eigenvalue weighted by Crippen LogP contribution is 2.22. The number of nitrogens with one attached hydrogen (secondary N) is 2. The average Bonchev–Trinajstić information content (AvgIpc) is 3.07. The van der Waals surface area contributed by atoms with E-state index in [-0.39, 0.29) is 30.9 Å². The highest BCUT2D eigenvalue weighted by atomic mass is 32.1. The number of rotatable bonds is 7. The van der Waals surface area contributed by atoms with E-state index in [1.54, 1.807) is 25.2 Å². The van der Waals surface area contributed by atoms with E-state index in [1.807, 2.05) is 24.3 Å². The first-order valence-electron chi connectivity index (χ1n) is 8.95. The van der Waals surface area contributed by atoms with Crippen LogP contribution < -0.4 is 10.6 Å². The van der Waals surface area contributed by atoms with E-state index >= 15 is 0 Å². The minimum absolute atomic E-state index is 0.156. The second kappa shape index (κ2) is 8.83. The lowest BCUT2D eigenvalue weighted by atomic mass is 10.0. The van der Waals surface area contributed by atoms with Gasteiger partial charge in [-0.3, -0.25) is 4.79 Å². The number of amides is 2. The number of aromatic nitrogens is 1. The second-order valence-corrected chi connectivity index (χ2v) is 7.28. The van der Waals surface area contributed by atoms with Gasteiger partial charge in [-0.1, -0.05) is 12.1 Å². The molecule has 0 radical (unpaired) electrons. The predicted octanol–water partition coefficient (Wildman–Crippen LogP) is 2.29. The zero-order valence-corrected chi connectivity index (χ0v) is 16.4. The van der Waals surface area contributed by atoms with E-state index in [1.165, 1.54) is 0 Å². The average molecular weight is 403 g/mol. The van der Waals surface area contributed by atoms with Crippen LogP contribution in [0.5, 0.6) is 0 Å². The monoisotopic (exact) mass is 403 g/mol. The number of urea groups is 1. The molecule has 0 spiro atoms. The molecule has 1 aliphatic heterocycles. The fourth-order valence-electron chi connectivity index (χ4n) is 2.85. The Bertz CT molecular complexity index is 904. The van der Waals surface area contributed by atoms with Gasteiger partial charge >= 0.3 is 18.0 Å². The molecule has 2 heterocycles. The van der Waals surface area contributed by atoms with Crippen LogP contribution in [0.1, 0.15) is 25.3 Å². The molecular formula is C19H21N3O5S. The first-order chi connectivity index (χ1) is 13.5. The molecule has 1 aromatic carbocycles. The highest BCUT2D eigenvalue weighted by molar-refractivity contribution is 7.18. The molecule has 1 atom stereocenters. The van der Waals surface area contributed by atoms with E-state index in [2.05, 4.69) is 15.6 Å². The second-order valence-electron chi connectivity index (χ2n) is 6.17. The van der Waals surface area contributed by atoms with Crippen LogP contribution in [-0.2, 0) is 25.5 Å². The molecule has 1 unspecified atom stereocenters. The number of fused-ring (bicyclic) bond motifs is 1. The van der Waals surface area contributed by atoms with Crippen molar-refractivity contribution in [2.75, 3.05) is 13.2 Å². The van der Waals surface area contributed by atoms with Crippen LogP contribution in [0.4, 0.5) is 4.79 Å². The van der Waals surface area contributed by atoms with Gasteiger partial charge in [-0.15, -0.1) is 11.3 Å². The maximum Gasteiger partial charge on any atom is 0.338 e. The van der Waals surface area contributed by atoms with Crippen molar-refractivity contribution < 1.29 is 23.9 Å². The maximum absolute atomic E-state index is 12.1. The van der Waals surface area contributed by atoms with Gasteiger partial charge in [-0.2, -0.15) is 0 Å². The molecule has 2 amide bonds. The Hall–Kier alpha value is -2.94. The van der Waals surface area contributed by atoms with Gasteiger partial charge in [0.05, 0.1) is 45.6 Å². The molecule has 2 N–H and O–H groups in total. The summed E-state index contributed by atoms with van der Waals surface area (Å²) in [5, 5.41) is 5.97. The summed E-state index contributed by atoms with van der Waals surface area (Å²) in [6, 6.07) is 6.78. The molecule has 0 aliphatic carbocycles. The third-order valence-electron chi connectivity index (χ3n) is 4.12. The Morgan fingerprint density at radius 2 is 2.04 bits per heavy atom. The molecule has 8 nitrogen and oxygen atoms in total. The Kier molecular flexibility index (Phi) is 6.25. The Morgan fingerprint density at radius 3 is 2.79 bits per heavy atom. The van der Waals surface area contributed by atoms with Crippen molar-refractivity contribution in [1.29, 1.82) is 0 Å². The first-order valence-corrected chi connectivity index (χ1v) is 9.77. The van der Waals surface area contributed by atoms with Crippen molar-refractivity contribution in [2.24, 2.45) is 0 Å². The number of esters is 2. The Labute approximate surface area is 165 Å². The van der Waals surface area contributed by atoms with Gasteiger partial charge in [0.1, 0.15) is 6.61 Å². The molecule has 1 aromatic heterocycles. The summed E-state index contributed by atoms with van der Waals surface area (Å²) in [5.41, 5.74) is 1.40. The molecule has 0 bridgehead atoms. The van der Waals surface area contributed by atoms with E-state index in [0.29, 0.717) is 6.42 Å². The molecular weight excluding hydrogens is 382 g/mol. The lowest BCUT2D eigenvalue weighted by Gasteiger charge is -2.26. The van der Waals surface area contributed by atoms with Gasteiger partial charge in [-0.25, -0.2) is 14.6 Å². The minimum Gasteiger partial charge on any atom is -0.463 e. The van der Waals surface area contributed by atoms with Crippen LogP contribution in [-0.4, -0.2) is 42.2 Å². The van der Waals surface area contributed by atoms with E-state index in [4.69, 9.17) is 9.47 Å². The lowest BCUT2D eigenvalue weighted by Crippen LogP contribution is -2.50. The summed E-state index contributed by atoms with van der Waals surface area (Å²) in [7, 11) is 0. The molecule has 0 fully saturated rings. The number of hydrogen-bond acceptors (Lipinski definition) is 7. The molecule has 9 heteroatoms. The molecule has 1 aliphatic rings. The van der Waals surface area contributed by atoms with E-state index in [0.717, 1.165) is 15.2 Å². The topological polar surface area (TPSA) is 107 Å². The largest absolute Gasteiger partial charge is 0.463 e. The van der Waals surface area contributed by atoms with Crippen molar-refractivity contribution in [1.82, 2.24) is 15.6 Å². The standard InChI is InChI=1S/C19H21N3O5S/c1-3-26-18(24)17-11(2)20-19(25)22-13(17)10-27-16(23)9-8-15-21-12-6-4-5-7-14(12)28-15/h4-7,11H,3,8-10H2,1-2H3,(H2,20,22,25). The number of aryl methyl sites for hydroxylation is 1. The van der Waals surface area contributed by atoms with Crippen LogP contribution in [0.3, 0.4) is 0 Å². The molecule has 0 saturated carbocycles. The number of carbonyl (C=O) groups excluding carboxylic acids is 3. The summed E-state index contributed by atoms with van der Waals surface area (Å²) in [6.45, 7) is 3.36. The van der Waals surface area contributed by atoms with E-state index in [9.17, 15) is 14.4 Å². The van der Waals surface area contributed by atoms with Gasteiger partial charge in [-0.05, 0) is 26.0 Å². The van der Waals surface area contributed by atoms with Crippen LogP contribution in [0.25, 0.3) is 10.2 Å². The number of carbonyl (C=O) groups is 3. The van der Waals surface area contributed by atoms with Gasteiger partial charge in [0.25, 0.3) is 0 Å². The van der Waals surface area contributed by atoms with E-state index < -0.39 is 24.0 Å². The Morgan fingerprint density at radius 1 is 1.25 bits per heavy atom. The van der Waals surface area contributed by atoms with Crippen molar-refractivity contribution in [3.05, 3.63) is 40.5 Å². The molecule has 3 rings (SSSR count). The predicted molar refractivity (Wildman–Crippen MR) is 104 cm³/mol. The summed E-state index contributed by atoms with van der Waals surface area (Å²) in [6.07, 6.45) is 0.621. The summed E-state index contributed by atoms with van der Waals surface area (Å²) < 4.78 is 11.4. The number of thiazole rings is 1. The van der Waals surface area contributed by atoms with Crippen LogP contribution in [0.15, 0.2) is 35.5 Å². The fraction of sp³-hybridized carbons (Fsp3) is 0.368. The summed E-state index contributed by atoms with van der Waals surface area (Å²) in [4.78, 5) is 40.5. The lowest BCUT2D eigenvalue weighted by molar-refractivity contribution is -0.143. The van der Waals surface area contributed by atoms with Crippen molar-refractivity contribution in [3.8, 4) is 0 Å². The Balaban J connectivity index is 1.60. The van der Waals surface area contributed by atoms with Gasteiger partial charge in [0.15, 0.2) is 0 Å². The third-order valence-corrected chi connectivity index (χ3v) is 5.22. The fourth-order valence-corrected chi connectivity index (χ4v) is 3.82. The number of ether oxygens (including phenoxy) is 2. The molecule has 2 aromatic rings. The summed E-state index contributed by atoms with van der Waals surface area (Å²) >= 11 is 1.54. The van der Waals surface area contributed by atoms with Crippen LogP contribution in [0, 0.1) is 0 Å². The quantitative estimate of drug-likeness (QED) is 0.687. The third kappa shape index (κ3) is 4.66. The highest BCUT2D eigenvalue weighted by Gasteiger charge is 2.30. The first kappa shape index (κ1) is 19.8. The van der Waals surface area contributed by atoms with Crippen molar-refractivity contribution in [3.63, 3.8) is 0 Å². The zero-order chi connectivity index (χ0) is 20.1. The van der Waals surface area contributed by atoms with Crippen molar-refractivity contribution in [2.45, 2.75) is 32.7 Å². The number of para-hydroxylation sites is 1. The van der Waals surface area contributed by atoms with Crippen LogP contribution in [0.2, 0.25) is 0 Å². The van der Waals surface area contributed by atoms with Crippen LogP contribution >= 0.6 is 11.3 Å².